The van der Waals surface area contributed by atoms with Crippen LogP contribution in [0, 0.1) is 0 Å². The summed E-state index contributed by atoms with van der Waals surface area (Å²) in [5.41, 5.74) is -2.97. The molecule has 11 heteroatoms. The van der Waals surface area contributed by atoms with Gasteiger partial charge in [0.1, 0.15) is 6.04 Å². The number of nitrogens with zero attached hydrogens (tertiary/aromatic N) is 1. The predicted octanol–water partition coefficient (Wildman–Crippen LogP) is 4.61. The van der Waals surface area contributed by atoms with Crippen LogP contribution >= 0.6 is 0 Å². The number of alkyl halides is 6. The molecule has 3 rings (SSSR count). The number of carboxylic acid groups (broad SMARTS) is 1. The minimum absolute atomic E-state index is 0.0221. The van der Waals surface area contributed by atoms with Crippen molar-refractivity contribution in [3.8, 4) is 0 Å². The predicted molar refractivity (Wildman–Crippen MR) is 110 cm³/mol. The second kappa shape index (κ2) is 10.0. The molecule has 0 radical (unpaired) electrons. The van der Waals surface area contributed by atoms with Crippen LogP contribution < -0.4 is 5.32 Å². The van der Waals surface area contributed by atoms with E-state index in [0.29, 0.717) is 25.0 Å². The topological polar surface area (TPSA) is 69.6 Å². The average molecular weight is 488 g/mol. The molecule has 5 nitrogen and oxygen atoms in total. The van der Waals surface area contributed by atoms with Crippen molar-refractivity contribution in [3.63, 3.8) is 0 Å². The number of rotatable bonds is 6. The van der Waals surface area contributed by atoms with Gasteiger partial charge in [-0.1, -0.05) is 30.3 Å². The summed E-state index contributed by atoms with van der Waals surface area (Å²) in [6, 6.07) is 8.63. The molecule has 1 saturated heterocycles. The third kappa shape index (κ3) is 6.49. The largest absolute Gasteiger partial charge is 0.480 e. The van der Waals surface area contributed by atoms with E-state index in [1.165, 1.54) is 4.90 Å². The fraction of sp³-hybridized carbons (Fsp3) is 0.391. The Morgan fingerprint density at radius 3 is 1.94 bits per heavy atom. The van der Waals surface area contributed by atoms with Gasteiger partial charge in [-0.3, -0.25) is 9.59 Å². The Morgan fingerprint density at radius 1 is 0.941 bits per heavy atom. The quantitative estimate of drug-likeness (QED) is 0.583. The van der Waals surface area contributed by atoms with Gasteiger partial charge in [0.05, 0.1) is 11.1 Å². The summed E-state index contributed by atoms with van der Waals surface area (Å²) in [6.45, 7) is 0.123. The van der Waals surface area contributed by atoms with Crippen molar-refractivity contribution < 1.29 is 41.0 Å². The molecule has 0 aliphatic carbocycles. The van der Waals surface area contributed by atoms with Gasteiger partial charge in [0.15, 0.2) is 0 Å². The lowest BCUT2D eigenvalue weighted by atomic mass is 9.99. The van der Waals surface area contributed by atoms with Crippen LogP contribution in [0.25, 0.3) is 0 Å². The monoisotopic (exact) mass is 488 g/mol. The first-order valence-corrected chi connectivity index (χ1v) is 10.5. The zero-order valence-corrected chi connectivity index (χ0v) is 17.8. The fourth-order valence-corrected chi connectivity index (χ4v) is 3.86. The molecule has 1 aliphatic heterocycles. The molecule has 0 saturated carbocycles. The van der Waals surface area contributed by atoms with Crippen molar-refractivity contribution in [2.75, 3.05) is 13.1 Å². The standard InChI is InChI=1S/C23H22F6N2O3/c24-22(25,26)16-11-15(12-17(13-16)23(27,28)29)20(32)31-8-6-18(7-9-31)30-19(21(33)34)10-14-4-2-1-3-5-14/h1-5,11-13,18-19,30H,6-10H2,(H,33,34). The highest BCUT2D eigenvalue weighted by molar-refractivity contribution is 5.94. The summed E-state index contributed by atoms with van der Waals surface area (Å²) >= 11 is 0. The SMILES string of the molecule is O=C(O)C(Cc1ccccc1)NC1CCN(C(=O)c2cc(C(F)(F)F)cc(C(F)(F)F)c2)CC1. The number of aliphatic carboxylic acids is 1. The maximum atomic E-state index is 13.1. The van der Waals surface area contributed by atoms with Crippen LogP contribution in [-0.2, 0) is 23.6 Å². The number of nitrogens with one attached hydrogen (secondary N) is 1. The number of carboxylic acids is 1. The molecule has 1 atom stereocenters. The summed E-state index contributed by atoms with van der Waals surface area (Å²) < 4.78 is 78.5. The van der Waals surface area contributed by atoms with Crippen molar-refractivity contribution in [2.45, 2.75) is 43.7 Å². The zero-order chi connectivity index (χ0) is 25.1. The maximum absolute atomic E-state index is 13.1. The van der Waals surface area contributed by atoms with Gasteiger partial charge >= 0.3 is 18.3 Å². The smallest absolute Gasteiger partial charge is 0.416 e. The number of amides is 1. The first-order chi connectivity index (χ1) is 15.8. The molecule has 1 unspecified atom stereocenters. The molecule has 0 spiro atoms. The Labute approximate surface area is 191 Å². The van der Waals surface area contributed by atoms with E-state index < -0.39 is 47.0 Å². The van der Waals surface area contributed by atoms with Crippen LogP contribution in [0.1, 0.15) is 39.9 Å². The highest BCUT2D eigenvalue weighted by atomic mass is 19.4. The number of carbonyl (C=O) groups is 2. The number of likely N-dealkylation sites (tertiary alicyclic amines) is 1. The Balaban J connectivity index is 1.68. The van der Waals surface area contributed by atoms with E-state index >= 15 is 0 Å². The number of benzene rings is 2. The third-order valence-electron chi connectivity index (χ3n) is 5.63. The highest BCUT2D eigenvalue weighted by Gasteiger charge is 2.38. The van der Waals surface area contributed by atoms with Gasteiger partial charge in [0, 0.05) is 24.7 Å². The lowest BCUT2D eigenvalue weighted by molar-refractivity contribution is -0.143. The molecule has 1 aliphatic rings. The van der Waals surface area contributed by atoms with Crippen LogP contribution in [0.3, 0.4) is 0 Å². The Bertz CT molecular complexity index is 983. The fourth-order valence-electron chi connectivity index (χ4n) is 3.86. The maximum Gasteiger partial charge on any atom is 0.416 e. The molecule has 2 aromatic carbocycles. The van der Waals surface area contributed by atoms with Crippen molar-refractivity contribution in [1.29, 1.82) is 0 Å². The lowest BCUT2D eigenvalue weighted by Gasteiger charge is -2.34. The summed E-state index contributed by atoms with van der Waals surface area (Å²) in [7, 11) is 0. The average Bonchev–Trinajstić information content (AvgIpc) is 2.78. The molecule has 1 fully saturated rings. The Hall–Kier alpha value is -3.08. The third-order valence-corrected chi connectivity index (χ3v) is 5.63. The molecule has 2 aromatic rings. The van der Waals surface area contributed by atoms with Crippen molar-refractivity contribution in [2.24, 2.45) is 0 Å². The molecule has 2 N–H and O–H groups in total. The zero-order valence-electron chi connectivity index (χ0n) is 17.8. The molecule has 184 valence electrons. The van der Waals surface area contributed by atoms with Gasteiger partial charge in [0.25, 0.3) is 5.91 Å². The molecule has 34 heavy (non-hydrogen) atoms. The highest BCUT2D eigenvalue weighted by Crippen LogP contribution is 2.36. The minimum Gasteiger partial charge on any atom is -0.480 e. The number of halogens is 6. The van der Waals surface area contributed by atoms with Gasteiger partial charge in [-0.15, -0.1) is 0 Å². The van der Waals surface area contributed by atoms with Crippen molar-refractivity contribution in [1.82, 2.24) is 10.2 Å². The van der Waals surface area contributed by atoms with Gasteiger partial charge in [-0.05, 0) is 43.0 Å². The van der Waals surface area contributed by atoms with Crippen LogP contribution in [0.4, 0.5) is 26.3 Å². The summed E-state index contributed by atoms with van der Waals surface area (Å²) in [4.78, 5) is 25.5. The van der Waals surface area contributed by atoms with Gasteiger partial charge < -0.3 is 15.3 Å². The minimum atomic E-state index is -5.04. The Morgan fingerprint density at radius 2 is 1.47 bits per heavy atom. The first-order valence-electron chi connectivity index (χ1n) is 10.5. The Kier molecular flexibility index (Phi) is 7.54. The van der Waals surface area contributed by atoms with E-state index in [9.17, 15) is 41.0 Å². The second-order valence-electron chi connectivity index (χ2n) is 8.11. The van der Waals surface area contributed by atoms with Gasteiger partial charge in [-0.2, -0.15) is 26.3 Å². The van der Waals surface area contributed by atoms with E-state index in [-0.39, 0.29) is 31.6 Å². The van der Waals surface area contributed by atoms with E-state index in [4.69, 9.17) is 0 Å². The van der Waals surface area contributed by atoms with Crippen LogP contribution in [-0.4, -0.2) is 47.1 Å². The number of hydrogen-bond acceptors (Lipinski definition) is 3. The van der Waals surface area contributed by atoms with Crippen molar-refractivity contribution >= 4 is 11.9 Å². The van der Waals surface area contributed by atoms with Crippen LogP contribution in [0.15, 0.2) is 48.5 Å². The lowest BCUT2D eigenvalue weighted by Crippen LogP contribution is -2.50. The molecule has 0 bridgehead atoms. The first kappa shape index (κ1) is 25.5. The van der Waals surface area contributed by atoms with Crippen molar-refractivity contribution in [3.05, 3.63) is 70.8 Å². The normalized spacial score (nSPS) is 16.4. The summed E-state index contributed by atoms with van der Waals surface area (Å²) in [5, 5.41) is 12.6. The number of piperidine rings is 1. The van der Waals surface area contributed by atoms with Gasteiger partial charge in [0.2, 0.25) is 0 Å². The molecule has 0 aromatic heterocycles. The van der Waals surface area contributed by atoms with E-state index in [0.717, 1.165) is 5.56 Å². The molecule has 1 amide bonds. The van der Waals surface area contributed by atoms with Gasteiger partial charge in [-0.25, -0.2) is 0 Å². The van der Waals surface area contributed by atoms with Crippen LogP contribution in [0.5, 0.6) is 0 Å². The summed E-state index contributed by atoms with van der Waals surface area (Å²) in [6.07, 6.45) is -9.25. The molecule has 1 heterocycles. The van der Waals surface area contributed by atoms with E-state index in [2.05, 4.69) is 5.32 Å². The number of carbonyl (C=O) groups excluding carboxylic acids is 1. The van der Waals surface area contributed by atoms with Crippen LogP contribution in [0.2, 0.25) is 0 Å². The number of hydrogen-bond donors (Lipinski definition) is 2. The summed E-state index contributed by atoms with van der Waals surface area (Å²) in [5.74, 6) is -1.99. The van der Waals surface area contributed by atoms with E-state index in [1.54, 1.807) is 24.3 Å². The second-order valence-corrected chi connectivity index (χ2v) is 8.11. The van der Waals surface area contributed by atoms with E-state index in [1.807, 2.05) is 6.07 Å². The molecular weight excluding hydrogens is 466 g/mol. The molecular formula is C23H22F6N2O3.